The van der Waals surface area contributed by atoms with Gasteiger partial charge in [-0.3, -0.25) is 4.90 Å². The lowest BCUT2D eigenvalue weighted by atomic mass is 10.2. The van der Waals surface area contributed by atoms with Gasteiger partial charge in [-0.2, -0.15) is 0 Å². The highest BCUT2D eigenvalue weighted by atomic mass is 16.5. The van der Waals surface area contributed by atoms with Crippen LogP contribution < -0.4 is 4.74 Å². The van der Waals surface area contributed by atoms with Crippen LogP contribution in [0.3, 0.4) is 0 Å². The average molecular weight is 301 g/mol. The molecule has 0 N–H and O–H groups in total. The van der Waals surface area contributed by atoms with Gasteiger partial charge in [0.25, 0.3) is 0 Å². The van der Waals surface area contributed by atoms with Crippen LogP contribution in [0.5, 0.6) is 5.75 Å². The molecule has 2 heterocycles. The van der Waals surface area contributed by atoms with Crippen LogP contribution in [0.1, 0.15) is 44.4 Å². The minimum Gasteiger partial charge on any atom is -0.492 e. The molecule has 1 unspecified atom stereocenters. The number of likely N-dealkylation sites (tertiary alicyclic amines) is 1. The van der Waals surface area contributed by atoms with Crippen molar-refractivity contribution < 1.29 is 9.15 Å². The lowest BCUT2D eigenvalue weighted by Gasteiger charge is -2.22. The van der Waals surface area contributed by atoms with Crippen molar-refractivity contribution in [2.24, 2.45) is 0 Å². The number of ether oxygens (including phenoxy) is 1. The summed E-state index contributed by atoms with van der Waals surface area (Å²) in [6.45, 7) is 6.59. The molecule has 0 bridgehead atoms. The molecule has 0 radical (unpaired) electrons. The fourth-order valence-electron chi connectivity index (χ4n) is 2.74. The zero-order chi connectivity index (χ0) is 15.4. The van der Waals surface area contributed by atoms with Crippen LogP contribution in [0, 0.1) is 0 Å². The summed E-state index contributed by atoms with van der Waals surface area (Å²) in [5.41, 5.74) is 0. The fraction of sp³-hybridized carbons (Fsp3) is 0.529. The van der Waals surface area contributed by atoms with E-state index in [1.54, 1.807) is 0 Å². The second-order valence-electron chi connectivity index (χ2n) is 6.08. The Balaban J connectivity index is 1.56. The molecule has 0 aliphatic carbocycles. The summed E-state index contributed by atoms with van der Waals surface area (Å²) in [4.78, 5) is 2.38. The minimum atomic E-state index is 0.275. The van der Waals surface area contributed by atoms with E-state index in [0.29, 0.717) is 31.0 Å². The molecule has 0 amide bonds. The van der Waals surface area contributed by atoms with Gasteiger partial charge in [-0.15, -0.1) is 10.2 Å². The van der Waals surface area contributed by atoms with Crippen molar-refractivity contribution in [1.82, 2.24) is 15.1 Å². The highest BCUT2D eigenvalue weighted by Crippen LogP contribution is 2.22. The Kier molecular flexibility index (Phi) is 4.73. The molecule has 1 aliphatic heterocycles. The van der Waals surface area contributed by atoms with Crippen molar-refractivity contribution in [1.29, 1.82) is 0 Å². The molecule has 118 valence electrons. The van der Waals surface area contributed by atoms with Gasteiger partial charge >= 0.3 is 0 Å². The zero-order valence-electron chi connectivity index (χ0n) is 13.2. The van der Waals surface area contributed by atoms with Crippen LogP contribution in [0.15, 0.2) is 34.7 Å². The van der Waals surface area contributed by atoms with Crippen molar-refractivity contribution in [3.05, 3.63) is 42.1 Å². The summed E-state index contributed by atoms with van der Waals surface area (Å²) >= 11 is 0. The quantitative estimate of drug-likeness (QED) is 0.820. The Labute approximate surface area is 131 Å². The topological polar surface area (TPSA) is 51.4 Å². The van der Waals surface area contributed by atoms with Gasteiger partial charge in [-0.1, -0.05) is 32.0 Å². The van der Waals surface area contributed by atoms with E-state index < -0.39 is 0 Å². The summed E-state index contributed by atoms with van der Waals surface area (Å²) in [6, 6.07) is 10.4. The van der Waals surface area contributed by atoms with Gasteiger partial charge in [0, 0.05) is 12.0 Å². The number of benzene rings is 1. The average Bonchev–Trinajstić information content (AvgIpc) is 3.16. The third-order valence-corrected chi connectivity index (χ3v) is 4.00. The lowest BCUT2D eigenvalue weighted by Crippen LogP contribution is -2.33. The summed E-state index contributed by atoms with van der Waals surface area (Å²) in [5.74, 6) is 2.62. The summed E-state index contributed by atoms with van der Waals surface area (Å²) in [5, 5.41) is 8.26. The first-order valence-corrected chi connectivity index (χ1v) is 7.96. The standard InChI is InChI=1S/C17H23N3O2/c1-13(2)17-19-18-16(22-17)11-20-10-6-7-14(20)12-21-15-8-4-3-5-9-15/h3-5,8-9,13-14H,6-7,10-12H2,1-2H3. The normalized spacial score (nSPS) is 19.0. The van der Waals surface area contributed by atoms with Gasteiger partial charge in [0.05, 0.1) is 6.54 Å². The van der Waals surface area contributed by atoms with Crippen LogP contribution in [-0.4, -0.2) is 34.3 Å². The van der Waals surface area contributed by atoms with E-state index in [-0.39, 0.29) is 5.92 Å². The van der Waals surface area contributed by atoms with E-state index in [0.717, 1.165) is 18.7 Å². The largest absolute Gasteiger partial charge is 0.492 e. The van der Waals surface area contributed by atoms with Gasteiger partial charge in [0.1, 0.15) is 12.4 Å². The highest BCUT2D eigenvalue weighted by molar-refractivity contribution is 5.21. The Hall–Kier alpha value is -1.88. The van der Waals surface area contributed by atoms with Crippen LogP contribution in [0.4, 0.5) is 0 Å². The van der Waals surface area contributed by atoms with Crippen LogP contribution in [0.25, 0.3) is 0 Å². The third kappa shape index (κ3) is 3.65. The molecule has 0 saturated carbocycles. The van der Waals surface area contributed by atoms with E-state index in [4.69, 9.17) is 9.15 Å². The van der Waals surface area contributed by atoms with Gasteiger partial charge in [-0.05, 0) is 31.5 Å². The molecule has 5 nitrogen and oxygen atoms in total. The Morgan fingerprint density at radius 2 is 2.09 bits per heavy atom. The van der Waals surface area contributed by atoms with Gasteiger partial charge < -0.3 is 9.15 Å². The second kappa shape index (κ2) is 6.92. The molecular formula is C17H23N3O2. The molecule has 22 heavy (non-hydrogen) atoms. The second-order valence-corrected chi connectivity index (χ2v) is 6.08. The molecule has 1 fully saturated rings. The molecule has 5 heteroatoms. The zero-order valence-corrected chi connectivity index (χ0v) is 13.2. The van der Waals surface area contributed by atoms with E-state index in [1.807, 2.05) is 30.3 Å². The van der Waals surface area contributed by atoms with E-state index in [2.05, 4.69) is 28.9 Å². The maximum absolute atomic E-state index is 5.89. The van der Waals surface area contributed by atoms with Crippen LogP contribution in [-0.2, 0) is 6.54 Å². The van der Waals surface area contributed by atoms with Crippen molar-refractivity contribution >= 4 is 0 Å². The number of hydrogen-bond donors (Lipinski definition) is 0. The molecule has 3 rings (SSSR count). The number of aromatic nitrogens is 2. The molecule has 1 aromatic heterocycles. The molecule has 1 aromatic carbocycles. The van der Waals surface area contributed by atoms with E-state index in [9.17, 15) is 0 Å². The third-order valence-electron chi connectivity index (χ3n) is 4.00. The lowest BCUT2D eigenvalue weighted by molar-refractivity contribution is 0.155. The summed E-state index contributed by atoms with van der Waals surface area (Å²) in [7, 11) is 0. The molecule has 1 saturated heterocycles. The Morgan fingerprint density at radius 3 is 2.82 bits per heavy atom. The number of hydrogen-bond acceptors (Lipinski definition) is 5. The van der Waals surface area contributed by atoms with E-state index in [1.165, 1.54) is 6.42 Å². The van der Waals surface area contributed by atoms with Gasteiger partial charge in [-0.25, -0.2) is 0 Å². The summed E-state index contributed by atoms with van der Waals surface area (Å²) < 4.78 is 11.6. The first-order valence-electron chi connectivity index (χ1n) is 7.96. The van der Waals surface area contributed by atoms with E-state index >= 15 is 0 Å². The predicted octanol–water partition coefficient (Wildman–Crippen LogP) is 3.24. The SMILES string of the molecule is CC(C)c1nnc(CN2CCCC2COc2ccccc2)o1. The van der Waals surface area contributed by atoms with Gasteiger partial charge in [0.2, 0.25) is 11.8 Å². The molecule has 0 spiro atoms. The first-order chi connectivity index (χ1) is 10.7. The van der Waals surface area contributed by atoms with Crippen molar-refractivity contribution in [2.45, 2.75) is 45.2 Å². The Bertz CT molecular complexity index is 583. The number of rotatable bonds is 6. The van der Waals surface area contributed by atoms with Crippen molar-refractivity contribution in [3.8, 4) is 5.75 Å². The molecule has 1 atom stereocenters. The number of nitrogens with zero attached hydrogens (tertiary/aromatic N) is 3. The summed E-state index contributed by atoms with van der Waals surface area (Å²) in [6.07, 6.45) is 2.34. The highest BCUT2D eigenvalue weighted by Gasteiger charge is 2.27. The smallest absolute Gasteiger partial charge is 0.230 e. The molecule has 2 aromatic rings. The maximum Gasteiger partial charge on any atom is 0.230 e. The Morgan fingerprint density at radius 1 is 1.27 bits per heavy atom. The molecule has 1 aliphatic rings. The molecular weight excluding hydrogens is 278 g/mol. The van der Waals surface area contributed by atoms with Gasteiger partial charge in [0.15, 0.2) is 0 Å². The maximum atomic E-state index is 5.89. The predicted molar refractivity (Wildman–Crippen MR) is 83.8 cm³/mol. The monoisotopic (exact) mass is 301 g/mol. The van der Waals surface area contributed by atoms with Crippen molar-refractivity contribution in [3.63, 3.8) is 0 Å². The van der Waals surface area contributed by atoms with Crippen molar-refractivity contribution in [2.75, 3.05) is 13.2 Å². The number of para-hydroxylation sites is 1. The van der Waals surface area contributed by atoms with Crippen LogP contribution >= 0.6 is 0 Å². The fourth-order valence-corrected chi connectivity index (χ4v) is 2.74. The van der Waals surface area contributed by atoms with Crippen LogP contribution in [0.2, 0.25) is 0 Å². The minimum absolute atomic E-state index is 0.275. The first kappa shape index (κ1) is 15.0.